The maximum Gasteiger partial charge on any atom is 0.408 e. The Morgan fingerprint density at radius 1 is 0.852 bits per heavy atom. The number of hydrogen-bond donors (Lipinski definition) is 1. The molecule has 1 amide bonds. The van der Waals surface area contributed by atoms with Gasteiger partial charge in [-0.1, -0.05) is 97.1 Å². The summed E-state index contributed by atoms with van der Waals surface area (Å²) in [7, 11) is 0. The predicted octanol–water partition coefficient (Wildman–Crippen LogP) is 5.92. The molecule has 27 heavy (non-hydrogen) atoms. The first-order valence-corrected chi connectivity index (χ1v) is 10.9. The summed E-state index contributed by atoms with van der Waals surface area (Å²) >= 11 is 0. The van der Waals surface area contributed by atoms with Crippen molar-refractivity contribution in [1.82, 2.24) is 5.32 Å². The number of amides is 1. The normalized spacial score (nSPS) is 11.6. The van der Waals surface area contributed by atoms with Crippen LogP contribution in [0.3, 0.4) is 0 Å². The Morgan fingerprint density at radius 2 is 1.41 bits per heavy atom. The van der Waals surface area contributed by atoms with Gasteiger partial charge in [0.1, 0.15) is 12.6 Å². The molecule has 1 atom stereocenters. The molecule has 0 spiro atoms. The van der Waals surface area contributed by atoms with E-state index in [1.54, 1.807) is 0 Å². The van der Waals surface area contributed by atoms with Crippen molar-refractivity contribution in [1.29, 1.82) is 0 Å². The van der Waals surface area contributed by atoms with Crippen LogP contribution in [0.1, 0.15) is 97.3 Å². The Kier molecular flexibility index (Phi) is 18.2. The third-order valence-electron chi connectivity index (χ3n) is 4.50. The number of ether oxygens (including phenoxy) is 2. The largest absolute Gasteiger partial charge is 0.464 e. The van der Waals surface area contributed by atoms with Gasteiger partial charge in [0.25, 0.3) is 0 Å². The summed E-state index contributed by atoms with van der Waals surface area (Å²) in [6, 6.07) is -0.631. The van der Waals surface area contributed by atoms with Crippen LogP contribution < -0.4 is 5.32 Å². The Bertz CT molecular complexity index is 385. The van der Waals surface area contributed by atoms with Crippen molar-refractivity contribution in [3.05, 3.63) is 12.7 Å². The lowest BCUT2D eigenvalue weighted by Gasteiger charge is -2.17. The van der Waals surface area contributed by atoms with Crippen molar-refractivity contribution in [2.24, 2.45) is 0 Å². The van der Waals surface area contributed by atoms with E-state index >= 15 is 0 Å². The van der Waals surface area contributed by atoms with Crippen molar-refractivity contribution >= 4 is 12.1 Å². The fraction of sp³-hybridized carbons (Fsp3) is 0.818. The van der Waals surface area contributed by atoms with E-state index in [-0.39, 0.29) is 12.6 Å². The van der Waals surface area contributed by atoms with E-state index in [0.29, 0.717) is 13.0 Å². The predicted molar refractivity (Wildman–Crippen MR) is 111 cm³/mol. The highest BCUT2D eigenvalue weighted by atomic mass is 16.6. The highest BCUT2D eigenvalue weighted by molar-refractivity contribution is 5.81. The van der Waals surface area contributed by atoms with E-state index in [9.17, 15) is 9.59 Å². The monoisotopic (exact) mass is 383 g/mol. The van der Waals surface area contributed by atoms with Crippen LogP contribution in [-0.2, 0) is 14.3 Å². The van der Waals surface area contributed by atoms with Crippen LogP contribution in [-0.4, -0.2) is 31.3 Å². The maximum absolute atomic E-state index is 12.3. The first-order chi connectivity index (χ1) is 13.2. The molecule has 0 aliphatic heterocycles. The molecule has 0 radical (unpaired) electrons. The Balaban J connectivity index is 4.05. The average molecular weight is 384 g/mol. The molecule has 5 heteroatoms. The zero-order valence-electron chi connectivity index (χ0n) is 17.6. The van der Waals surface area contributed by atoms with Crippen molar-refractivity contribution in [3.8, 4) is 0 Å². The molecule has 0 fully saturated rings. The van der Waals surface area contributed by atoms with Crippen molar-refractivity contribution in [3.63, 3.8) is 0 Å². The van der Waals surface area contributed by atoms with Crippen LogP contribution in [0.2, 0.25) is 0 Å². The molecule has 0 aliphatic rings. The van der Waals surface area contributed by atoms with Crippen LogP contribution in [0.15, 0.2) is 12.7 Å². The van der Waals surface area contributed by atoms with E-state index in [1.807, 2.05) is 0 Å². The summed E-state index contributed by atoms with van der Waals surface area (Å²) in [4.78, 5) is 24.1. The zero-order chi connectivity index (χ0) is 20.2. The van der Waals surface area contributed by atoms with Gasteiger partial charge >= 0.3 is 12.1 Å². The van der Waals surface area contributed by atoms with Crippen LogP contribution in [0, 0.1) is 0 Å². The van der Waals surface area contributed by atoms with Gasteiger partial charge in [0, 0.05) is 0 Å². The number of unbranched alkanes of at least 4 members (excludes halogenated alkanes) is 10. The summed E-state index contributed by atoms with van der Waals surface area (Å²) in [6.45, 7) is 8.41. The summed E-state index contributed by atoms with van der Waals surface area (Å²) in [5.74, 6) is -0.356. The van der Waals surface area contributed by atoms with Crippen molar-refractivity contribution < 1.29 is 19.1 Å². The smallest absolute Gasteiger partial charge is 0.408 e. The lowest BCUT2D eigenvalue weighted by Crippen LogP contribution is -2.42. The van der Waals surface area contributed by atoms with E-state index in [0.717, 1.165) is 38.5 Å². The molecule has 158 valence electrons. The SMILES string of the molecule is C=CCOC(=O)NC(CCCCCC)C(=O)OCCCCCCCCCC. The summed E-state index contributed by atoms with van der Waals surface area (Å²) < 4.78 is 10.3. The molecule has 0 aromatic rings. The summed E-state index contributed by atoms with van der Waals surface area (Å²) in [5, 5.41) is 2.63. The molecule has 0 aromatic carbocycles. The van der Waals surface area contributed by atoms with Gasteiger partial charge in [-0.3, -0.25) is 0 Å². The van der Waals surface area contributed by atoms with Gasteiger partial charge < -0.3 is 14.8 Å². The molecule has 0 aromatic heterocycles. The van der Waals surface area contributed by atoms with Gasteiger partial charge in [0.15, 0.2) is 0 Å². The van der Waals surface area contributed by atoms with Crippen molar-refractivity contribution in [2.45, 2.75) is 103 Å². The second kappa shape index (κ2) is 19.2. The molecule has 1 N–H and O–H groups in total. The topological polar surface area (TPSA) is 64.6 Å². The standard InChI is InChI=1S/C22H41NO4/c1-4-7-9-11-12-13-14-16-19-26-21(24)20(17-15-10-8-5-2)23-22(25)27-18-6-3/h6,20H,3-5,7-19H2,1-2H3,(H,23,25). The fourth-order valence-electron chi connectivity index (χ4n) is 2.85. The quantitative estimate of drug-likeness (QED) is 0.181. The number of carbonyl (C=O) groups excluding carboxylic acids is 2. The highest BCUT2D eigenvalue weighted by Crippen LogP contribution is 2.10. The number of alkyl carbamates (subject to hydrolysis) is 1. The van der Waals surface area contributed by atoms with Gasteiger partial charge in [-0.2, -0.15) is 0 Å². The number of hydrogen-bond acceptors (Lipinski definition) is 4. The van der Waals surface area contributed by atoms with Crippen LogP contribution in [0.4, 0.5) is 4.79 Å². The van der Waals surface area contributed by atoms with Crippen molar-refractivity contribution in [2.75, 3.05) is 13.2 Å². The molecular formula is C22H41NO4. The second-order valence-corrected chi connectivity index (χ2v) is 7.08. The van der Waals surface area contributed by atoms with Gasteiger partial charge in [0.2, 0.25) is 0 Å². The van der Waals surface area contributed by atoms with Crippen LogP contribution >= 0.6 is 0 Å². The fourth-order valence-corrected chi connectivity index (χ4v) is 2.85. The van der Waals surface area contributed by atoms with Gasteiger partial charge in [-0.25, -0.2) is 9.59 Å². The lowest BCUT2D eigenvalue weighted by molar-refractivity contribution is -0.146. The van der Waals surface area contributed by atoms with Crippen LogP contribution in [0.25, 0.3) is 0 Å². The molecular weight excluding hydrogens is 342 g/mol. The average Bonchev–Trinajstić information content (AvgIpc) is 2.67. The molecule has 0 aliphatic carbocycles. The first-order valence-electron chi connectivity index (χ1n) is 10.9. The third kappa shape index (κ3) is 16.4. The minimum absolute atomic E-state index is 0.127. The van der Waals surface area contributed by atoms with Gasteiger partial charge in [0.05, 0.1) is 6.61 Å². The molecule has 5 nitrogen and oxygen atoms in total. The summed E-state index contributed by atoms with van der Waals surface area (Å²) in [5.41, 5.74) is 0. The van der Waals surface area contributed by atoms with E-state index in [2.05, 4.69) is 25.7 Å². The zero-order valence-corrected chi connectivity index (χ0v) is 17.6. The number of rotatable bonds is 18. The molecule has 0 heterocycles. The maximum atomic E-state index is 12.3. The molecule has 0 rings (SSSR count). The summed E-state index contributed by atoms with van der Waals surface area (Å²) in [6.07, 6.45) is 15.3. The van der Waals surface area contributed by atoms with Gasteiger partial charge in [-0.05, 0) is 12.8 Å². The first kappa shape index (κ1) is 25.5. The lowest BCUT2D eigenvalue weighted by atomic mass is 10.1. The van der Waals surface area contributed by atoms with Crippen LogP contribution in [0.5, 0.6) is 0 Å². The minimum Gasteiger partial charge on any atom is -0.464 e. The third-order valence-corrected chi connectivity index (χ3v) is 4.50. The Labute approximate surface area is 166 Å². The number of esters is 1. The van der Waals surface area contributed by atoms with E-state index < -0.39 is 12.1 Å². The second-order valence-electron chi connectivity index (χ2n) is 7.08. The Hall–Kier alpha value is -1.52. The molecule has 0 bridgehead atoms. The van der Waals surface area contributed by atoms with E-state index in [4.69, 9.17) is 9.47 Å². The molecule has 0 saturated heterocycles. The molecule has 0 saturated carbocycles. The highest BCUT2D eigenvalue weighted by Gasteiger charge is 2.22. The number of nitrogens with one attached hydrogen (secondary N) is 1. The van der Waals surface area contributed by atoms with Gasteiger partial charge in [-0.15, -0.1) is 0 Å². The molecule has 1 unspecified atom stereocenters. The number of carbonyl (C=O) groups is 2. The minimum atomic E-state index is -0.631. The van der Waals surface area contributed by atoms with E-state index in [1.165, 1.54) is 44.6 Å². The Morgan fingerprint density at radius 3 is 2.00 bits per heavy atom.